The fourth-order valence-electron chi connectivity index (χ4n) is 2.78. The first kappa shape index (κ1) is 18.9. The van der Waals surface area contributed by atoms with Gasteiger partial charge in [-0.3, -0.25) is 4.79 Å². The Balaban J connectivity index is 1.61. The van der Waals surface area contributed by atoms with Crippen LogP contribution in [0.1, 0.15) is 5.56 Å². The quantitative estimate of drug-likeness (QED) is 0.349. The second-order valence-electron chi connectivity index (χ2n) is 6.18. The Labute approximate surface area is 176 Å². The molecule has 1 aromatic heterocycles. The number of rotatable bonds is 4. The normalized spacial score (nSPS) is 11.0. The van der Waals surface area contributed by atoms with Crippen molar-refractivity contribution in [1.82, 2.24) is 0 Å². The second-order valence-corrected chi connectivity index (χ2v) is 7.43. The van der Waals surface area contributed by atoms with Crippen LogP contribution in [0, 0.1) is 0 Å². The molecule has 0 fully saturated rings. The van der Waals surface area contributed by atoms with Crippen LogP contribution in [0.2, 0.25) is 15.1 Å². The summed E-state index contributed by atoms with van der Waals surface area (Å²) in [6.07, 6.45) is 0. The SMILES string of the molecule is O=c1cc(-c2ccc(Cl)cc2)oc2ccc(OCc3ccc(Cl)c(Cl)c3)cc12. The summed E-state index contributed by atoms with van der Waals surface area (Å²) in [4.78, 5) is 12.6. The van der Waals surface area contributed by atoms with Gasteiger partial charge in [0.1, 0.15) is 23.7 Å². The van der Waals surface area contributed by atoms with E-state index in [4.69, 9.17) is 44.0 Å². The van der Waals surface area contributed by atoms with Crippen LogP contribution < -0.4 is 10.2 Å². The molecular formula is C22H13Cl3O3. The lowest BCUT2D eigenvalue weighted by Crippen LogP contribution is -2.02. The van der Waals surface area contributed by atoms with Gasteiger partial charge in [-0.05, 0) is 60.2 Å². The van der Waals surface area contributed by atoms with Crippen LogP contribution in [0.4, 0.5) is 0 Å². The zero-order valence-corrected chi connectivity index (χ0v) is 16.7. The molecule has 28 heavy (non-hydrogen) atoms. The molecule has 0 spiro atoms. The fraction of sp³-hybridized carbons (Fsp3) is 0.0455. The van der Waals surface area contributed by atoms with Crippen molar-refractivity contribution in [1.29, 1.82) is 0 Å². The standard InChI is InChI=1S/C22H13Cl3O3/c23-15-4-2-14(3-5-15)22-11-20(26)17-10-16(6-8-21(17)28-22)27-12-13-1-7-18(24)19(25)9-13/h1-11H,12H2. The minimum absolute atomic E-state index is 0.147. The van der Waals surface area contributed by atoms with E-state index in [0.29, 0.717) is 44.2 Å². The van der Waals surface area contributed by atoms with Crippen molar-refractivity contribution < 1.29 is 9.15 Å². The maximum Gasteiger partial charge on any atom is 0.193 e. The topological polar surface area (TPSA) is 39.4 Å². The zero-order valence-electron chi connectivity index (χ0n) is 14.4. The maximum atomic E-state index is 12.6. The molecule has 0 bridgehead atoms. The lowest BCUT2D eigenvalue weighted by atomic mass is 10.1. The number of benzene rings is 3. The summed E-state index contributed by atoms with van der Waals surface area (Å²) >= 11 is 17.9. The van der Waals surface area contributed by atoms with Crippen molar-refractivity contribution in [2.75, 3.05) is 0 Å². The average Bonchev–Trinajstić information content (AvgIpc) is 2.69. The van der Waals surface area contributed by atoms with Gasteiger partial charge in [0, 0.05) is 16.7 Å². The van der Waals surface area contributed by atoms with Crippen molar-refractivity contribution in [2.24, 2.45) is 0 Å². The van der Waals surface area contributed by atoms with Crippen molar-refractivity contribution in [3.8, 4) is 17.1 Å². The number of halogens is 3. The summed E-state index contributed by atoms with van der Waals surface area (Å²) in [6.45, 7) is 0.302. The van der Waals surface area contributed by atoms with E-state index in [1.165, 1.54) is 6.07 Å². The number of hydrogen-bond acceptors (Lipinski definition) is 3. The van der Waals surface area contributed by atoms with Crippen LogP contribution in [-0.4, -0.2) is 0 Å². The van der Waals surface area contributed by atoms with Gasteiger partial charge in [-0.2, -0.15) is 0 Å². The van der Waals surface area contributed by atoms with E-state index in [2.05, 4.69) is 0 Å². The van der Waals surface area contributed by atoms with Gasteiger partial charge in [-0.1, -0.05) is 40.9 Å². The van der Waals surface area contributed by atoms with E-state index >= 15 is 0 Å². The molecule has 4 rings (SSSR count). The molecule has 0 aliphatic heterocycles. The molecule has 0 atom stereocenters. The third-order valence-electron chi connectivity index (χ3n) is 4.22. The first-order chi connectivity index (χ1) is 13.5. The molecular weight excluding hydrogens is 419 g/mol. The lowest BCUT2D eigenvalue weighted by Gasteiger charge is -2.09. The molecule has 4 aromatic rings. The molecule has 0 radical (unpaired) electrons. The Hall–Kier alpha value is -2.46. The van der Waals surface area contributed by atoms with E-state index in [0.717, 1.165) is 11.1 Å². The third kappa shape index (κ3) is 4.02. The van der Waals surface area contributed by atoms with E-state index in [9.17, 15) is 4.79 Å². The second kappa shape index (κ2) is 7.88. The fourth-order valence-corrected chi connectivity index (χ4v) is 3.22. The average molecular weight is 432 g/mol. The number of hydrogen-bond donors (Lipinski definition) is 0. The Morgan fingerprint density at radius 2 is 1.61 bits per heavy atom. The van der Waals surface area contributed by atoms with Crippen molar-refractivity contribution >= 4 is 45.8 Å². The highest BCUT2D eigenvalue weighted by molar-refractivity contribution is 6.42. The molecule has 0 aliphatic rings. The third-order valence-corrected chi connectivity index (χ3v) is 5.21. The minimum atomic E-state index is -0.147. The van der Waals surface area contributed by atoms with E-state index in [-0.39, 0.29) is 5.43 Å². The van der Waals surface area contributed by atoms with Crippen molar-refractivity contribution in [2.45, 2.75) is 6.61 Å². The smallest absolute Gasteiger partial charge is 0.193 e. The number of ether oxygens (including phenoxy) is 1. The molecule has 0 aliphatic carbocycles. The number of fused-ring (bicyclic) bond motifs is 1. The molecule has 140 valence electrons. The van der Waals surface area contributed by atoms with Gasteiger partial charge >= 0.3 is 0 Å². The Morgan fingerprint density at radius 3 is 2.36 bits per heavy atom. The summed E-state index contributed by atoms with van der Waals surface area (Å²) < 4.78 is 11.7. The highest BCUT2D eigenvalue weighted by atomic mass is 35.5. The summed E-state index contributed by atoms with van der Waals surface area (Å²) in [5.41, 5.74) is 1.99. The Morgan fingerprint density at radius 1 is 0.821 bits per heavy atom. The van der Waals surface area contributed by atoms with Crippen LogP contribution in [-0.2, 0) is 6.61 Å². The molecule has 3 aromatic carbocycles. The van der Waals surface area contributed by atoms with Crippen LogP contribution in [0.3, 0.4) is 0 Å². The Kier molecular flexibility index (Phi) is 5.31. The zero-order chi connectivity index (χ0) is 19.7. The first-order valence-corrected chi connectivity index (χ1v) is 9.53. The van der Waals surface area contributed by atoms with E-state index in [1.807, 2.05) is 6.07 Å². The molecule has 0 saturated heterocycles. The molecule has 0 N–H and O–H groups in total. The molecule has 0 saturated carbocycles. The van der Waals surface area contributed by atoms with Gasteiger partial charge < -0.3 is 9.15 Å². The van der Waals surface area contributed by atoms with E-state index < -0.39 is 0 Å². The predicted octanol–water partition coefficient (Wildman–Crippen LogP) is 7.00. The van der Waals surface area contributed by atoms with Crippen LogP contribution in [0.5, 0.6) is 5.75 Å². The maximum absolute atomic E-state index is 12.6. The summed E-state index contributed by atoms with van der Waals surface area (Å²) in [7, 11) is 0. The van der Waals surface area contributed by atoms with Gasteiger partial charge in [-0.25, -0.2) is 0 Å². The molecule has 0 unspecified atom stereocenters. The van der Waals surface area contributed by atoms with Gasteiger partial charge in [-0.15, -0.1) is 0 Å². The van der Waals surface area contributed by atoms with Crippen LogP contribution in [0.25, 0.3) is 22.3 Å². The van der Waals surface area contributed by atoms with Gasteiger partial charge in [0.2, 0.25) is 0 Å². The van der Waals surface area contributed by atoms with Crippen LogP contribution in [0.15, 0.2) is 75.9 Å². The van der Waals surface area contributed by atoms with Crippen LogP contribution >= 0.6 is 34.8 Å². The Bertz CT molecular complexity index is 1210. The van der Waals surface area contributed by atoms with Crippen molar-refractivity contribution in [3.63, 3.8) is 0 Å². The first-order valence-electron chi connectivity index (χ1n) is 8.40. The molecule has 6 heteroatoms. The van der Waals surface area contributed by atoms with Gasteiger partial charge in [0.05, 0.1) is 15.4 Å². The molecule has 0 amide bonds. The predicted molar refractivity (Wildman–Crippen MR) is 114 cm³/mol. The summed E-state index contributed by atoms with van der Waals surface area (Å²) in [5.74, 6) is 1.05. The van der Waals surface area contributed by atoms with E-state index in [1.54, 1.807) is 54.6 Å². The summed E-state index contributed by atoms with van der Waals surface area (Å²) in [5, 5.41) is 2.03. The van der Waals surface area contributed by atoms with Gasteiger partial charge in [0.25, 0.3) is 0 Å². The monoisotopic (exact) mass is 430 g/mol. The highest BCUT2D eigenvalue weighted by Crippen LogP contribution is 2.27. The summed E-state index contributed by atoms with van der Waals surface area (Å²) in [6, 6.07) is 19.0. The lowest BCUT2D eigenvalue weighted by molar-refractivity contribution is 0.306. The minimum Gasteiger partial charge on any atom is -0.489 e. The molecule has 1 heterocycles. The van der Waals surface area contributed by atoms with Crippen molar-refractivity contribution in [3.05, 3.63) is 97.6 Å². The largest absolute Gasteiger partial charge is 0.489 e. The van der Waals surface area contributed by atoms with Gasteiger partial charge in [0.15, 0.2) is 5.43 Å². The molecule has 3 nitrogen and oxygen atoms in total. The highest BCUT2D eigenvalue weighted by Gasteiger charge is 2.09.